The lowest BCUT2D eigenvalue weighted by atomic mass is 10.1. The Balaban J connectivity index is 1.51. The van der Waals surface area contributed by atoms with Crippen molar-refractivity contribution in [1.29, 1.82) is 0 Å². The summed E-state index contributed by atoms with van der Waals surface area (Å²) in [5.74, 6) is -0.348. The Labute approximate surface area is 226 Å². The standard InChI is InChI=1S/C29H31ClN4O4/c1-2-15-31-24-13-12-22(33-29(37)32-16-5-3-4-6-27(35)36)18-23(24)28-34-25-17-20(9-14-26(25)38-28)19-7-10-21(30)11-8-19/h7-14,17-18,31H,2-6,15-16H2,1H3,(H,35,36)(H2,32,33,37). The van der Waals surface area contributed by atoms with E-state index in [1.54, 1.807) is 0 Å². The van der Waals surface area contributed by atoms with E-state index in [4.69, 9.17) is 26.1 Å². The van der Waals surface area contributed by atoms with Gasteiger partial charge in [-0.1, -0.05) is 43.1 Å². The molecule has 0 unspecified atom stereocenters. The van der Waals surface area contributed by atoms with Crippen molar-refractivity contribution in [2.75, 3.05) is 23.7 Å². The molecular formula is C29H31ClN4O4. The molecule has 198 valence electrons. The number of carboxylic acid groups (broad SMARTS) is 1. The van der Waals surface area contributed by atoms with Crippen LogP contribution in [0.2, 0.25) is 5.02 Å². The monoisotopic (exact) mass is 534 g/mol. The second-order valence-corrected chi connectivity index (χ2v) is 9.42. The van der Waals surface area contributed by atoms with Gasteiger partial charge >= 0.3 is 12.0 Å². The van der Waals surface area contributed by atoms with Crippen molar-refractivity contribution in [3.63, 3.8) is 0 Å². The van der Waals surface area contributed by atoms with Crippen molar-refractivity contribution in [3.8, 4) is 22.6 Å². The normalized spacial score (nSPS) is 10.9. The van der Waals surface area contributed by atoms with Crippen molar-refractivity contribution in [1.82, 2.24) is 10.3 Å². The maximum Gasteiger partial charge on any atom is 0.319 e. The van der Waals surface area contributed by atoms with Crippen molar-refractivity contribution in [3.05, 3.63) is 65.7 Å². The molecule has 0 fully saturated rings. The number of nitrogens with zero attached hydrogens (tertiary/aromatic N) is 1. The van der Waals surface area contributed by atoms with Crippen molar-refractivity contribution < 1.29 is 19.1 Å². The van der Waals surface area contributed by atoms with E-state index < -0.39 is 5.97 Å². The van der Waals surface area contributed by atoms with E-state index in [0.29, 0.717) is 41.6 Å². The summed E-state index contributed by atoms with van der Waals surface area (Å²) >= 11 is 6.03. The molecule has 4 N–H and O–H groups in total. The van der Waals surface area contributed by atoms with Crippen LogP contribution in [0.4, 0.5) is 16.2 Å². The average molecular weight is 535 g/mol. The summed E-state index contributed by atoms with van der Waals surface area (Å²) < 4.78 is 6.12. The summed E-state index contributed by atoms with van der Waals surface area (Å²) in [7, 11) is 0. The number of rotatable bonds is 12. The predicted octanol–water partition coefficient (Wildman–Crippen LogP) is 7.40. The number of unbranched alkanes of at least 4 members (excludes halogenated alkanes) is 2. The SMILES string of the molecule is CCCNc1ccc(NC(=O)NCCCCCC(=O)O)cc1-c1nc2cc(-c3ccc(Cl)cc3)ccc2o1. The first kappa shape index (κ1) is 27.0. The van der Waals surface area contributed by atoms with E-state index in [1.165, 1.54) is 0 Å². The third-order valence-corrected chi connectivity index (χ3v) is 6.24. The lowest BCUT2D eigenvalue weighted by molar-refractivity contribution is -0.137. The molecule has 3 aromatic carbocycles. The summed E-state index contributed by atoms with van der Waals surface area (Å²) in [5, 5.41) is 18.5. The second-order valence-electron chi connectivity index (χ2n) is 8.98. The summed E-state index contributed by atoms with van der Waals surface area (Å²) in [4.78, 5) is 27.8. The first-order chi connectivity index (χ1) is 18.4. The molecule has 0 aliphatic rings. The fourth-order valence-corrected chi connectivity index (χ4v) is 4.16. The van der Waals surface area contributed by atoms with Crippen LogP contribution in [0.15, 0.2) is 65.1 Å². The van der Waals surface area contributed by atoms with Gasteiger partial charge in [-0.05, 0) is 72.9 Å². The van der Waals surface area contributed by atoms with Crippen molar-refractivity contribution in [2.45, 2.75) is 39.0 Å². The largest absolute Gasteiger partial charge is 0.481 e. The van der Waals surface area contributed by atoms with E-state index in [0.717, 1.165) is 47.3 Å². The molecule has 0 radical (unpaired) electrons. The van der Waals surface area contributed by atoms with E-state index in [9.17, 15) is 9.59 Å². The number of urea groups is 1. The van der Waals surface area contributed by atoms with Crippen LogP contribution < -0.4 is 16.0 Å². The Hall–Kier alpha value is -4.04. The van der Waals surface area contributed by atoms with Gasteiger partial charge in [-0.15, -0.1) is 0 Å². The van der Waals surface area contributed by atoms with Gasteiger partial charge in [-0.25, -0.2) is 9.78 Å². The number of halogens is 1. The third kappa shape index (κ3) is 7.26. The van der Waals surface area contributed by atoms with Crippen LogP contribution in [0.5, 0.6) is 0 Å². The quantitative estimate of drug-likeness (QED) is 0.141. The fraction of sp³-hybridized carbons (Fsp3) is 0.276. The van der Waals surface area contributed by atoms with Gasteiger partial charge < -0.3 is 25.5 Å². The topological polar surface area (TPSA) is 116 Å². The molecule has 0 saturated heterocycles. The van der Waals surface area contributed by atoms with E-state index in [1.807, 2.05) is 60.7 Å². The minimum atomic E-state index is -0.802. The maximum absolute atomic E-state index is 12.4. The summed E-state index contributed by atoms with van der Waals surface area (Å²) in [6.45, 7) is 3.34. The Morgan fingerprint density at radius 1 is 0.947 bits per heavy atom. The number of hydrogen-bond acceptors (Lipinski definition) is 5. The first-order valence-corrected chi connectivity index (χ1v) is 13.1. The van der Waals surface area contributed by atoms with Gasteiger partial charge in [0.05, 0.1) is 5.56 Å². The molecule has 9 heteroatoms. The number of fused-ring (bicyclic) bond motifs is 1. The summed E-state index contributed by atoms with van der Waals surface area (Å²) in [5.41, 5.74) is 5.65. The van der Waals surface area contributed by atoms with Crippen LogP contribution >= 0.6 is 11.6 Å². The zero-order valence-corrected chi connectivity index (χ0v) is 22.0. The molecule has 8 nitrogen and oxygen atoms in total. The van der Waals surface area contributed by atoms with E-state index in [-0.39, 0.29) is 12.5 Å². The van der Waals surface area contributed by atoms with Crippen LogP contribution in [0.3, 0.4) is 0 Å². The number of aromatic nitrogens is 1. The number of anilines is 2. The minimum Gasteiger partial charge on any atom is -0.481 e. The Kier molecular flexibility index (Phi) is 9.21. The second kappa shape index (κ2) is 13.0. The number of amides is 2. The molecule has 0 saturated carbocycles. The first-order valence-electron chi connectivity index (χ1n) is 12.7. The zero-order chi connectivity index (χ0) is 26.9. The number of carbonyl (C=O) groups is 2. The van der Waals surface area contributed by atoms with Crippen LogP contribution in [0.1, 0.15) is 39.0 Å². The van der Waals surface area contributed by atoms with Crippen LogP contribution in [-0.4, -0.2) is 35.2 Å². The van der Waals surface area contributed by atoms with Crippen molar-refractivity contribution >= 4 is 46.1 Å². The maximum atomic E-state index is 12.4. The smallest absolute Gasteiger partial charge is 0.319 e. The summed E-state index contributed by atoms with van der Waals surface area (Å²) in [6.07, 6.45) is 3.15. The average Bonchev–Trinajstić information content (AvgIpc) is 3.33. The molecule has 4 rings (SSSR count). The van der Waals surface area contributed by atoms with Crippen LogP contribution in [0, 0.1) is 0 Å². The highest BCUT2D eigenvalue weighted by Gasteiger charge is 2.15. The highest BCUT2D eigenvalue weighted by molar-refractivity contribution is 6.30. The third-order valence-electron chi connectivity index (χ3n) is 5.99. The van der Waals surface area contributed by atoms with Gasteiger partial charge in [0.1, 0.15) is 5.52 Å². The number of carboxylic acids is 1. The molecule has 1 heterocycles. The molecular weight excluding hydrogens is 504 g/mol. The molecule has 4 aromatic rings. The molecule has 0 bridgehead atoms. The molecule has 1 aromatic heterocycles. The molecule has 0 atom stereocenters. The van der Waals surface area contributed by atoms with Crippen LogP contribution in [0.25, 0.3) is 33.7 Å². The fourth-order valence-electron chi connectivity index (χ4n) is 4.03. The molecule has 2 amide bonds. The van der Waals surface area contributed by atoms with Gasteiger partial charge in [-0.2, -0.15) is 0 Å². The number of oxazole rings is 1. The predicted molar refractivity (Wildman–Crippen MR) is 152 cm³/mol. The van der Waals surface area contributed by atoms with Gasteiger partial charge in [0, 0.05) is 35.9 Å². The lowest BCUT2D eigenvalue weighted by Gasteiger charge is -2.12. The number of carbonyl (C=O) groups excluding carboxylic acids is 1. The highest BCUT2D eigenvalue weighted by atomic mass is 35.5. The molecule has 0 aliphatic heterocycles. The minimum absolute atomic E-state index is 0.144. The lowest BCUT2D eigenvalue weighted by Crippen LogP contribution is -2.29. The number of aliphatic carboxylic acids is 1. The Morgan fingerprint density at radius 2 is 1.74 bits per heavy atom. The number of hydrogen-bond donors (Lipinski definition) is 4. The molecule has 0 aliphatic carbocycles. The number of nitrogens with one attached hydrogen (secondary N) is 3. The van der Waals surface area contributed by atoms with Crippen molar-refractivity contribution in [2.24, 2.45) is 0 Å². The van der Waals surface area contributed by atoms with E-state index >= 15 is 0 Å². The Morgan fingerprint density at radius 3 is 2.50 bits per heavy atom. The van der Waals surface area contributed by atoms with Crippen LogP contribution in [-0.2, 0) is 4.79 Å². The molecule has 0 spiro atoms. The van der Waals surface area contributed by atoms with Gasteiger partial charge in [-0.3, -0.25) is 4.79 Å². The van der Waals surface area contributed by atoms with Gasteiger partial charge in [0.15, 0.2) is 5.58 Å². The Bertz CT molecular complexity index is 1400. The number of benzene rings is 3. The highest BCUT2D eigenvalue weighted by Crippen LogP contribution is 2.34. The zero-order valence-electron chi connectivity index (χ0n) is 21.2. The van der Waals surface area contributed by atoms with E-state index in [2.05, 4.69) is 22.9 Å². The van der Waals surface area contributed by atoms with Gasteiger partial charge in [0.2, 0.25) is 5.89 Å². The van der Waals surface area contributed by atoms with Gasteiger partial charge in [0.25, 0.3) is 0 Å². The molecule has 38 heavy (non-hydrogen) atoms. The summed E-state index contributed by atoms with van der Waals surface area (Å²) in [6, 6.07) is 18.8.